The highest BCUT2D eigenvalue weighted by Crippen LogP contribution is 2.37. The first-order chi connectivity index (χ1) is 15.9. The molecule has 1 aliphatic heterocycles. The van der Waals surface area contributed by atoms with Gasteiger partial charge < -0.3 is 14.2 Å². The highest BCUT2D eigenvalue weighted by molar-refractivity contribution is 9.11. The summed E-state index contributed by atoms with van der Waals surface area (Å²) in [6.07, 6.45) is 1.84. The van der Waals surface area contributed by atoms with Crippen LogP contribution in [-0.2, 0) is 9.53 Å². The summed E-state index contributed by atoms with van der Waals surface area (Å²) in [7, 11) is 3.10. The van der Waals surface area contributed by atoms with Crippen molar-refractivity contribution in [2.24, 2.45) is 4.99 Å². The van der Waals surface area contributed by atoms with Gasteiger partial charge in [-0.25, -0.2) is 9.79 Å². The number of hydrogen-bond acceptors (Lipinski definition) is 8. The Balaban J connectivity index is 2.00. The lowest BCUT2D eigenvalue weighted by atomic mass is 9.95. The van der Waals surface area contributed by atoms with E-state index in [4.69, 9.17) is 14.2 Å². The summed E-state index contributed by atoms with van der Waals surface area (Å²) >= 11 is 6.26. The van der Waals surface area contributed by atoms with Gasteiger partial charge in [0, 0.05) is 16.5 Å². The Morgan fingerprint density at radius 3 is 2.64 bits per heavy atom. The van der Waals surface area contributed by atoms with Crippen molar-refractivity contribution in [3.8, 4) is 11.5 Å². The first-order valence-corrected chi connectivity index (χ1v) is 12.5. The monoisotopic (exact) mass is 548 g/mol. The van der Waals surface area contributed by atoms with Gasteiger partial charge in [0.05, 0.1) is 40.4 Å². The third-order valence-corrected chi connectivity index (χ3v) is 7.67. The lowest BCUT2D eigenvalue weighted by Crippen LogP contribution is -2.40. The predicted octanol–water partition coefficient (Wildman–Crippen LogP) is 3.64. The number of fused-ring (bicyclic) bond motifs is 1. The summed E-state index contributed by atoms with van der Waals surface area (Å²) in [5.41, 5.74) is 1.21. The van der Waals surface area contributed by atoms with Gasteiger partial charge in [-0.15, -0.1) is 11.3 Å². The molecular formula is C23H21BrN2O5S2. The molecule has 1 atom stereocenters. The van der Waals surface area contributed by atoms with E-state index < -0.39 is 12.0 Å². The first-order valence-electron chi connectivity index (χ1n) is 10.0. The van der Waals surface area contributed by atoms with E-state index in [0.717, 1.165) is 8.66 Å². The van der Waals surface area contributed by atoms with Crippen LogP contribution in [0.2, 0.25) is 0 Å². The fourth-order valence-corrected chi connectivity index (χ4v) is 6.14. The normalized spacial score (nSPS) is 15.8. The van der Waals surface area contributed by atoms with Crippen molar-refractivity contribution in [1.29, 1.82) is 0 Å². The summed E-state index contributed by atoms with van der Waals surface area (Å²) in [4.78, 5) is 32.6. The standard InChI is InChI=1S/C23H21BrN2O5S2/c1-5-31-22(28)19-12(2)25-23-26(20(19)15-8-6-13(29-3)10-16(15)30-4)21(27)17(33-23)11-14-7-9-18(24)32-14/h6-11,20H,5H2,1-4H3/b17-11+/t20-/m0/s1. The number of rotatable bonds is 6. The molecule has 1 aliphatic rings. The van der Waals surface area contributed by atoms with E-state index in [1.165, 1.54) is 29.8 Å². The lowest BCUT2D eigenvalue weighted by Gasteiger charge is -2.26. The van der Waals surface area contributed by atoms with Gasteiger partial charge in [-0.05, 0) is 60.1 Å². The number of carbonyl (C=O) groups is 1. The van der Waals surface area contributed by atoms with Crippen LogP contribution in [0, 0.1) is 0 Å². The molecule has 0 amide bonds. The molecule has 0 saturated heterocycles. The van der Waals surface area contributed by atoms with Crippen LogP contribution in [-0.4, -0.2) is 31.4 Å². The number of thiophene rings is 1. The van der Waals surface area contributed by atoms with Gasteiger partial charge in [-0.3, -0.25) is 9.36 Å². The SMILES string of the molecule is CCOC(=O)C1=C(C)N=c2s/c(=C/c3ccc(Br)s3)c(=O)n2[C@H]1c1ccc(OC)cc1OC. The molecule has 33 heavy (non-hydrogen) atoms. The topological polar surface area (TPSA) is 79.1 Å². The summed E-state index contributed by atoms with van der Waals surface area (Å²) in [6.45, 7) is 3.70. The van der Waals surface area contributed by atoms with Gasteiger partial charge >= 0.3 is 5.97 Å². The maximum Gasteiger partial charge on any atom is 0.338 e. The number of methoxy groups -OCH3 is 2. The molecule has 172 valence electrons. The van der Waals surface area contributed by atoms with Crippen molar-refractivity contribution in [2.75, 3.05) is 20.8 Å². The average molecular weight is 549 g/mol. The first kappa shape index (κ1) is 23.5. The fourth-order valence-electron chi connectivity index (χ4n) is 3.67. The van der Waals surface area contributed by atoms with Crippen LogP contribution in [0.15, 0.2) is 55.2 Å². The van der Waals surface area contributed by atoms with E-state index in [-0.39, 0.29) is 12.2 Å². The molecule has 0 unspecified atom stereocenters. The number of allylic oxidation sites excluding steroid dienone is 1. The number of esters is 1. The number of nitrogens with zero attached hydrogens (tertiary/aromatic N) is 2. The Morgan fingerprint density at radius 2 is 2.00 bits per heavy atom. The highest BCUT2D eigenvalue weighted by Gasteiger charge is 2.35. The summed E-state index contributed by atoms with van der Waals surface area (Å²) < 4.78 is 19.3. The Bertz CT molecular complexity index is 1430. The van der Waals surface area contributed by atoms with E-state index in [1.54, 1.807) is 43.7 Å². The van der Waals surface area contributed by atoms with Crippen LogP contribution in [0.1, 0.15) is 30.3 Å². The van der Waals surface area contributed by atoms with E-state index in [9.17, 15) is 9.59 Å². The minimum absolute atomic E-state index is 0.208. The Morgan fingerprint density at radius 1 is 1.21 bits per heavy atom. The Hall–Kier alpha value is -2.69. The minimum Gasteiger partial charge on any atom is -0.497 e. The van der Waals surface area contributed by atoms with Crippen molar-refractivity contribution in [1.82, 2.24) is 4.57 Å². The van der Waals surface area contributed by atoms with Crippen molar-refractivity contribution in [2.45, 2.75) is 19.9 Å². The molecule has 3 heterocycles. The Labute approximate surface area is 206 Å². The second-order valence-electron chi connectivity index (χ2n) is 7.05. The molecule has 7 nitrogen and oxygen atoms in total. The van der Waals surface area contributed by atoms with Gasteiger partial charge in [-0.1, -0.05) is 11.3 Å². The van der Waals surface area contributed by atoms with Crippen LogP contribution >= 0.6 is 38.6 Å². The third kappa shape index (κ3) is 4.42. The van der Waals surface area contributed by atoms with Gasteiger partial charge in [0.15, 0.2) is 4.80 Å². The Kier molecular flexibility index (Phi) is 6.87. The van der Waals surface area contributed by atoms with E-state index in [0.29, 0.717) is 37.7 Å². The molecule has 3 aromatic rings. The lowest BCUT2D eigenvalue weighted by molar-refractivity contribution is -0.139. The summed E-state index contributed by atoms with van der Waals surface area (Å²) in [5.74, 6) is 0.579. The zero-order valence-electron chi connectivity index (χ0n) is 18.4. The number of thiazole rings is 1. The second-order valence-corrected chi connectivity index (χ2v) is 10.6. The summed E-state index contributed by atoms with van der Waals surface area (Å²) in [5, 5.41) is 0. The molecule has 0 radical (unpaired) electrons. The van der Waals surface area contributed by atoms with E-state index in [1.807, 2.05) is 18.2 Å². The van der Waals surface area contributed by atoms with Gasteiger partial charge in [-0.2, -0.15) is 0 Å². The molecule has 0 saturated carbocycles. The molecule has 0 bridgehead atoms. The highest BCUT2D eigenvalue weighted by atomic mass is 79.9. The number of halogens is 1. The average Bonchev–Trinajstić information content (AvgIpc) is 3.34. The maximum absolute atomic E-state index is 13.6. The predicted molar refractivity (Wildman–Crippen MR) is 132 cm³/mol. The van der Waals surface area contributed by atoms with Crippen LogP contribution in [0.3, 0.4) is 0 Å². The molecule has 4 rings (SSSR count). The van der Waals surface area contributed by atoms with Crippen molar-refractivity contribution in [3.63, 3.8) is 0 Å². The van der Waals surface area contributed by atoms with Gasteiger partial charge in [0.1, 0.15) is 17.5 Å². The molecule has 10 heteroatoms. The third-order valence-electron chi connectivity index (χ3n) is 5.12. The quantitative estimate of drug-likeness (QED) is 0.439. The summed E-state index contributed by atoms with van der Waals surface area (Å²) in [6, 6.07) is 8.42. The number of carbonyl (C=O) groups excluding carboxylic acids is 1. The molecule has 0 spiro atoms. The minimum atomic E-state index is -0.752. The van der Waals surface area contributed by atoms with Gasteiger partial charge in [0.25, 0.3) is 5.56 Å². The smallest absolute Gasteiger partial charge is 0.338 e. The zero-order valence-corrected chi connectivity index (χ0v) is 21.6. The molecule has 0 fully saturated rings. The number of hydrogen-bond donors (Lipinski definition) is 0. The molecule has 0 aliphatic carbocycles. The van der Waals surface area contributed by atoms with Crippen molar-refractivity contribution >= 4 is 50.6 Å². The fraction of sp³-hybridized carbons (Fsp3) is 0.261. The maximum atomic E-state index is 13.6. The van der Waals surface area contributed by atoms with Crippen LogP contribution in [0.25, 0.3) is 6.08 Å². The van der Waals surface area contributed by atoms with Crippen molar-refractivity contribution < 1.29 is 19.0 Å². The molecular weight excluding hydrogens is 528 g/mol. The van der Waals surface area contributed by atoms with Crippen molar-refractivity contribution in [3.05, 3.63) is 75.5 Å². The molecule has 1 aromatic carbocycles. The number of benzene rings is 1. The largest absolute Gasteiger partial charge is 0.497 e. The molecule has 2 aromatic heterocycles. The second kappa shape index (κ2) is 9.66. The van der Waals surface area contributed by atoms with E-state index in [2.05, 4.69) is 20.9 Å². The van der Waals surface area contributed by atoms with Crippen LogP contribution in [0.5, 0.6) is 11.5 Å². The van der Waals surface area contributed by atoms with Gasteiger partial charge in [0.2, 0.25) is 0 Å². The number of aromatic nitrogens is 1. The molecule has 0 N–H and O–H groups in total. The van der Waals surface area contributed by atoms with E-state index >= 15 is 0 Å². The van der Waals surface area contributed by atoms with Crippen LogP contribution in [0.4, 0.5) is 0 Å². The zero-order chi connectivity index (χ0) is 23.7. The number of ether oxygens (including phenoxy) is 3. The van der Waals surface area contributed by atoms with Crippen LogP contribution < -0.4 is 24.4 Å².